The zero-order valence-corrected chi connectivity index (χ0v) is 11.3. The fourth-order valence-corrected chi connectivity index (χ4v) is 1.39. The molecule has 5 nitrogen and oxygen atoms in total. The third-order valence-electron chi connectivity index (χ3n) is 1.98. The molecule has 0 spiro atoms. The molecule has 2 N–H and O–H groups in total. The van der Waals surface area contributed by atoms with Gasteiger partial charge in [0.2, 0.25) is 0 Å². The number of rotatable bonds is 3. The number of hydrogen-bond donors (Lipinski definition) is 1. The van der Waals surface area contributed by atoms with Crippen molar-refractivity contribution in [3.05, 3.63) is 16.9 Å². The predicted octanol–water partition coefficient (Wildman–Crippen LogP) is 1.51. The highest BCUT2D eigenvalue weighted by Gasteiger charge is 2.22. The first kappa shape index (κ1) is 14.0. The number of esters is 1. The molecule has 0 aromatic carbocycles. The van der Waals surface area contributed by atoms with Gasteiger partial charge in [0.15, 0.2) is 0 Å². The molecule has 6 heteroatoms. The molecular weight excluding hydrogens is 242 g/mol. The van der Waals surface area contributed by atoms with Gasteiger partial charge in [0, 0.05) is 6.20 Å². The SMILES string of the molecule is Cc1nn(CC(N)C(=O)OC(C)(C)C)cc1Cl. The highest BCUT2D eigenvalue weighted by Crippen LogP contribution is 2.13. The van der Waals surface area contributed by atoms with Gasteiger partial charge in [-0.1, -0.05) is 11.6 Å². The molecule has 1 heterocycles. The van der Waals surface area contributed by atoms with Gasteiger partial charge in [-0.05, 0) is 27.7 Å². The maximum atomic E-state index is 11.6. The Morgan fingerprint density at radius 2 is 2.24 bits per heavy atom. The van der Waals surface area contributed by atoms with Crippen LogP contribution in [0, 0.1) is 6.92 Å². The minimum atomic E-state index is -0.746. The molecule has 1 unspecified atom stereocenters. The fraction of sp³-hybridized carbons (Fsp3) is 0.636. The number of nitrogens with two attached hydrogens (primary N) is 1. The van der Waals surface area contributed by atoms with E-state index in [1.165, 1.54) is 0 Å². The quantitative estimate of drug-likeness (QED) is 0.836. The summed E-state index contributed by atoms with van der Waals surface area (Å²) in [7, 11) is 0. The number of hydrogen-bond acceptors (Lipinski definition) is 4. The van der Waals surface area contributed by atoms with E-state index in [0.29, 0.717) is 10.7 Å². The summed E-state index contributed by atoms with van der Waals surface area (Å²) in [6.45, 7) is 7.44. The number of carbonyl (C=O) groups excluding carboxylic acids is 1. The number of nitrogens with zero attached hydrogens (tertiary/aromatic N) is 2. The molecule has 17 heavy (non-hydrogen) atoms. The van der Waals surface area contributed by atoms with Crippen LogP contribution in [-0.2, 0) is 16.1 Å². The standard InChI is InChI=1S/C11H18ClN3O2/c1-7-8(12)5-15(14-7)6-9(13)10(16)17-11(2,3)4/h5,9H,6,13H2,1-4H3. The van der Waals surface area contributed by atoms with Gasteiger partial charge < -0.3 is 10.5 Å². The summed E-state index contributed by atoms with van der Waals surface area (Å²) in [4.78, 5) is 11.6. The Bertz CT molecular complexity index is 390. The smallest absolute Gasteiger partial charge is 0.325 e. The molecule has 1 atom stereocenters. The first-order valence-corrected chi connectivity index (χ1v) is 5.75. The minimum Gasteiger partial charge on any atom is -0.459 e. The molecule has 0 aliphatic heterocycles. The molecule has 0 aliphatic carbocycles. The van der Waals surface area contributed by atoms with Gasteiger partial charge in [0.1, 0.15) is 11.6 Å². The van der Waals surface area contributed by atoms with Crippen molar-refractivity contribution in [2.24, 2.45) is 5.73 Å². The Labute approximate surface area is 106 Å². The molecule has 0 aliphatic rings. The summed E-state index contributed by atoms with van der Waals surface area (Å²) in [6, 6.07) is -0.746. The first-order chi connectivity index (χ1) is 7.69. The van der Waals surface area contributed by atoms with Crippen LogP contribution in [-0.4, -0.2) is 27.4 Å². The van der Waals surface area contributed by atoms with E-state index >= 15 is 0 Å². The lowest BCUT2D eigenvalue weighted by molar-refractivity contribution is -0.156. The van der Waals surface area contributed by atoms with Crippen molar-refractivity contribution in [1.29, 1.82) is 0 Å². The Morgan fingerprint density at radius 3 is 2.65 bits per heavy atom. The van der Waals surface area contributed by atoms with Crippen LogP contribution in [0.3, 0.4) is 0 Å². The molecular formula is C11H18ClN3O2. The van der Waals surface area contributed by atoms with Crippen LogP contribution in [0.15, 0.2) is 6.20 Å². The summed E-state index contributed by atoms with van der Waals surface area (Å²) >= 11 is 5.86. The van der Waals surface area contributed by atoms with Crippen molar-refractivity contribution in [2.45, 2.75) is 45.9 Å². The molecule has 96 valence electrons. The second-order valence-corrected chi connectivity index (χ2v) is 5.33. The zero-order chi connectivity index (χ0) is 13.2. The van der Waals surface area contributed by atoms with E-state index < -0.39 is 17.6 Å². The second kappa shape index (κ2) is 5.06. The minimum absolute atomic E-state index is 0.252. The van der Waals surface area contributed by atoms with Crippen LogP contribution in [0.2, 0.25) is 5.02 Å². The van der Waals surface area contributed by atoms with E-state index in [1.54, 1.807) is 38.6 Å². The second-order valence-electron chi connectivity index (χ2n) is 4.92. The van der Waals surface area contributed by atoms with E-state index in [0.717, 1.165) is 0 Å². The molecule has 0 amide bonds. The monoisotopic (exact) mass is 259 g/mol. The zero-order valence-electron chi connectivity index (χ0n) is 10.5. The van der Waals surface area contributed by atoms with Crippen LogP contribution >= 0.6 is 11.6 Å². The molecule has 0 bridgehead atoms. The predicted molar refractivity (Wildman–Crippen MR) is 65.8 cm³/mol. The Balaban J connectivity index is 2.60. The van der Waals surface area contributed by atoms with Crippen LogP contribution in [0.25, 0.3) is 0 Å². The third-order valence-corrected chi connectivity index (χ3v) is 2.35. The fourth-order valence-electron chi connectivity index (χ4n) is 1.24. The van der Waals surface area contributed by atoms with Crippen molar-refractivity contribution in [3.8, 4) is 0 Å². The summed E-state index contributed by atoms with van der Waals surface area (Å²) in [5, 5.41) is 4.68. The van der Waals surface area contributed by atoms with Gasteiger partial charge in [0.05, 0.1) is 17.3 Å². The van der Waals surface area contributed by atoms with Crippen LogP contribution in [0.4, 0.5) is 0 Å². The molecule has 0 saturated carbocycles. The van der Waals surface area contributed by atoms with Crippen LogP contribution < -0.4 is 5.73 Å². The van der Waals surface area contributed by atoms with Gasteiger partial charge >= 0.3 is 5.97 Å². The number of carbonyl (C=O) groups is 1. The maximum absolute atomic E-state index is 11.6. The Kier molecular flexibility index (Phi) is 4.16. The number of ether oxygens (including phenoxy) is 1. The maximum Gasteiger partial charge on any atom is 0.325 e. The van der Waals surface area contributed by atoms with E-state index in [1.807, 2.05) is 0 Å². The van der Waals surface area contributed by atoms with Crippen LogP contribution in [0.5, 0.6) is 0 Å². The van der Waals surface area contributed by atoms with Crippen molar-refractivity contribution >= 4 is 17.6 Å². The largest absolute Gasteiger partial charge is 0.459 e. The van der Waals surface area contributed by atoms with E-state index in [4.69, 9.17) is 22.1 Å². The number of aryl methyl sites for hydroxylation is 1. The van der Waals surface area contributed by atoms with Gasteiger partial charge in [0.25, 0.3) is 0 Å². The summed E-state index contributed by atoms with van der Waals surface area (Å²) < 4.78 is 6.72. The lowest BCUT2D eigenvalue weighted by Gasteiger charge is -2.22. The van der Waals surface area contributed by atoms with Gasteiger partial charge in [-0.3, -0.25) is 9.48 Å². The number of halogens is 1. The molecule has 0 radical (unpaired) electrons. The molecule has 1 aromatic heterocycles. The normalized spacial score (nSPS) is 13.5. The molecule has 1 aromatic rings. The average molecular weight is 260 g/mol. The molecule has 0 fully saturated rings. The van der Waals surface area contributed by atoms with E-state index in [-0.39, 0.29) is 6.54 Å². The third kappa shape index (κ3) is 4.36. The van der Waals surface area contributed by atoms with Gasteiger partial charge in [-0.15, -0.1) is 0 Å². The Morgan fingerprint density at radius 1 is 1.65 bits per heavy atom. The molecule has 1 rings (SSSR count). The summed E-state index contributed by atoms with van der Waals surface area (Å²) in [5.74, 6) is -0.443. The van der Waals surface area contributed by atoms with Gasteiger partial charge in [-0.2, -0.15) is 5.10 Å². The molecule has 0 saturated heterocycles. The summed E-state index contributed by atoms with van der Waals surface area (Å²) in [5.41, 5.74) is 5.91. The van der Waals surface area contributed by atoms with Crippen LogP contribution in [0.1, 0.15) is 26.5 Å². The highest BCUT2D eigenvalue weighted by molar-refractivity contribution is 6.31. The average Bonchev–Trinajstić information content (AvgIpc) is 2.42. The Hall–Kier alpha value is -1.07. The number of aromatic nitrogens is 2. The highest BCUT2D eigenvalue weighted by atomic mass is 35.5. The van der Waals surface area contributed by atoms with Crippen molar-refractivity contribution in [3.63, 3.8) is 0 Å². The first-order valence-electron chi connectivity index (χ1n) is 5.37. The lowest BCUT2D eigenvalue weighted by Crippen LogP contribution is -2.40. The lowest BCUT2D eigenvalue weighted by atomic mass is 10.2. The van der Waals surface area contributed by atoms with Crippen molar-refractivity contribution in [2.75, 3.05) is 0 Å². The summed E-state index contributed by atoms with van der Waals surface area (Å²) in [6.07, 6.45) is 1.64. The van der Waals surface area contributed by atoms with Crippen molar-refractivity contribution < 1.29 is 9.53 Å². The van der Waals surface area contributed by atoms with Crippen molar-refractivity contribution in [1.82, 2.24) is 9.78 Å². The van der Waals surface area contributed by atoms with Gasteiger partial charge in [-0.25, -0.2) is 0 Å². The van der Waals surface area contributed by atoms with E-state index in [9.17, 15) is 4.79 Å². The topological polar surface area (TPSA) is 70.1 Å². The van der Waals surface area contributed by atoms with E-state index in [2.05, 4.69) is 5.10 Å².